The summed E-state index contributed by atoms with van der Waals surface area (Å²) >= 11 is 0. The molecule has 0 spiro atoms. The van der Waals surface area contributed by atoms with Crippen LogP contribution in [0.4, 0.5) is 10.1 Å². The maximum absolute atomic E-state index is 13.4. The zero-order chi connectivity index (χ0) is 18.0. The second-order valence-electron chi connectivity index (χ2n) is 6.71. The van der Waals surface area contributed by atoms with Crippen molar-refractivity contribution < 1.29 is 18.8 Å². The second kappa shape index (κ2) is 7.21. The molecule has 0 bridgehead atoms. The van der Waals surface area contributed by atoms with Gasteiger partial charge in [-0.15, -0.1) is 0 Å². The molecule has 25 heavy (non-hydrogen) atoms. The number of carbonyl (C=O) groups is 3. The van der Waals surface area contributed by atoms with Gasteiger partial charge < -0.3 is 15.1 Å². The maximum Gasteiger partial charge on any atom is 0.228 e. The summed E-state index contributed by atoms with van der Waals surface area (Å²) in [5, 5.41) is 2.85. The molecule has 134 valence electrons. The Labute approximate surface area is 146 Å². The number of hydrogen-bond donors (Lipinski definition) is 1. The highest BCUT2D eigenvalue weighted by Crippen LogP contribution is 2.27. The summed E-state index contributed by atoms with van der Waals surface area (Å²) in [7, 11) is 0. The van der Waals surface area contributed by atoms with E-state index in [4.69, 9.17) is 0 Å². The summed E-state index contributed by atoms with van der Waals surface area (Å²) in [6.45, 7) is 2.85. The summed E-state index contributed by atoms with van der Waals surface area (Å²) in [4.78, 5) is 39.5. The quantitative estimate of drug-likeness (QED) is 0.896. The molecule has 0 aromatic heterocycles. The van der Waals surface area contributed by atoms with Crippen LogP contribution in [0.15, 0.2) is 24.3 Å². The van der Waals surface area contributed by atoms with E-state index in [1.54, 1.807) is 17.0 Å². The Hall–Kier alpha value is -2.44. The first-order valence-corrected chi connectivity index (χ1v) is 8.56. The van der Waals surface area contributed by atoms with Crippen LogP contribution in [-0.4, -0.2) is 48.3 Å². The van der Waals surface area contributed by atoms with Gasteiger partial charge in [0, 0.05) is 44.7 Å². The van der Waals surface area contributed by atoms with E-state index in [1.807, 2.05) is 0 Å². The molecule has 6 nitrogen and oxygen atoms in total. The lowest BCUT2D eigenvalue weighted by Crippen LogP contribution is -2.50. The predicted molar refractivity (Wildman–Crippen MR) is 90.3 cm³/mol. The highest BCUT2D eigenvalue weighted by Gasteiger charge is 2.38. The van der Waals surface area contributed by atoms with Gasteiger partial charge in [-0.3, -0.25) is 14.4 Å². The molecular formula is C18H22FN3O3. The van der Waals surface area contributed by atoms with Crippen LogP contribution in [0, 0.1) is 11.7 Å². The molecular weight excluding hydrogens is 325 g/mol. The molecule has 1 aromatic rings. The minimum Gasteiger partial charge on any atom is -0.352 e. The fourth-order valence-electron chi connectivity index (χ4n) is 3.61. The number of benzene rings is 1. The highest BCUT2D eigenvalue weighted by molar-refractivity contribution is 6.00. The van der Waals surface area contributed by atoms with Crippen molar-refractivity contribution >= 4 is 23.4 Å². The van der Waals surface area contributed by atoms with Gasteiger partial charge in [0.2, 0.25) is 17.7 Å². The fraction of sp³-hybridized carbons (Fsp3) is 0.500. The largest absolute Gasteiger partial charge is 0.352 e. The topological polar surface area (TPSA) is 69.7 Å². The summed E-state index contributed by atoms with van der Waals surface area (Å²) in [6, 6.07) is 5.81. The molecule has 2 saturated heterocycles. The van der Waals surface area contributed by atoms with E-state index >= 15 is 0 Å². The van der Waals surface area contributed by atoms with E-state index in [0.717, 1.165) is 12.8 Å². The van der Waals surface area contributed by atoms with Gasteiger partial charge in [0.15, 0.2) is 0 Å². The van der Waals surface area contributed by atoms with Crippen LogP contribution in [0.5, 0.6) is 0 Å². The summed E-state index contributed by atoms with van der Waals surface area (Å²) in [5.41, 5.74) is 0.482. The molecule has 2 unspecified atom stereocenters. The number of anilines is 1. The lowest BCUT2D eigenvalue weighted by atomic mass is 10.0. The van der Waals surface area contributed by atoms with Crippen LogP contribution in [0.3, 0.4) is 0 Å². The zero-order valence-corrected chi connectivity index (χ0v) is 14.2. The Kier molecular flexibility index (Phi) is 5.01. The van der Waals surface area contributed by atoms with Crippen LogP contribution in [0.1, 0.15) is 26.2 Å². The van der Waals surface area contributed by atoms with E-state index in [2.05, 4.69) is 5.32 Å². The fourth-order valence-corrected chi connectivity index (χ4v) is 3.61. The van der Waals surface area contributed by atoms with E-state index < -0.39 is 11.7 Å². The Bertz CT molecular complexity index is 694. The number of amides is 3. The third-order valence-corrected chi connectivity index (χ3v) is 4.73. The number of halogens is 1. The van der Waals surface area contributed by atoms with E-state index in [1.165, 1.54) is 24.0 Å². The summed E-state index contributed by atoms with van der Waals surface area (Å²) in [6.07, 6.45) is 1.81. The number of nitrogens with one attached hydrogen (secondary N) is 1. The molecule has 0 radical (unpaired) electrons. The van der Waals surface area contributed by atoms with Crippen molar-refractivity contribution in [2.75, 3.05) is 24.5 Å². The first-order valence-electron chi connectivity index (χ1n) is 8.56. The van der Waals surface area contributed by atoms with Gasteiger partial charge in [0.25, 0.3) is 0 Å². The van der Waals surface area contributed by atoms with Crippen LogP contribution >= 0.6 is 0 Å². The lowest BCUT2D eigenvalue weighted by molar-refractivity contribution is -0.137. The van der Waals surface area contributed by atoms with Crippen LogP contribution < -0.4 is 10.2 Å². The van der Waals surface area contributed by atoms with Gasteiger partial charge in [-0.1, -0.05) is 6.07 Å². The van der Waals surface area contributed by atoms with Crippen molar-refractivity contribution in [1.82, 2.24) is 10.2 Å². The smallest absolute Gasteiger partial charge is 0.228 e. The highest BCUT2D eigenvalue weighted by atomic mass is 19.1. The average molecular weight is 347 g/mol. The molecule has 1 aromatic carbocycles. The van der Waals surface area contributed by atoms with Crippen LogP contribution in [0.2, 0.25) is 0 Å². The molecule has 2 heterocycles. The number of rotatable bonds is 3. The van der Waals surface area contributed by atoms with Gasteiger partial charge in [-0.05, 0) is 31.0 Å². The monoisotopic (exact) mass is 347 g/mol. The standard InChI is InChI=1S/C18H22FN3O3/c1-12(23)20-15-5-3-7-21(11-15)18(25)13-8-17(24)22(10-13)16-6-2-4-14(19)9-16/h2,4,6,9,13,15H,3,5,7-8,10-11H2,1H3,(H,20,23). The third-order valence-electron chi connectivity index (χ3n) is 4.73. The average Bonchev–Trinajstić information content (AvgIpc) is 2.95. The minimum atomic E-state index is -0.424. The van der Waals surface area contributed by atoms with Crippen molar-refractivity contribution in [2.24, 2.45) is 5.92 Å². The normalized spacial score (nSPS) is 23.7. The molecule has 7 heteroatoms. The molecule has 1 N–H and O–H groups in total. The Morgan fingerprint density at radius 1 is 1.28 bits per heavy atom. The number of piperidine rings is 1. The third kappa shape index (κ3) is 3.97. The Balaban J connectivity index is 1.65. The summed E-state index contributed by atoms with van der Waals surface area (Å²) < 4.78 is 13.4. The van der Waals surface area contributed by atoms with Gasteiger partial charge in [-0.2, -0.15) is 0 Å². The first-order chi connectivity index (χ1) is 11.9. The van der Waals surface area contributed by atoms with Crippen LogP contribution in [0.25, 0.3) is 0 Å². The number of nitrogens with zero attached hydrogens (tertiary/aromatic N) is 2. The Morgan fingerprint density at radius 2 is 2.08 bits per heavy atom. The molecule has 3 rings (SSSR count). The van der Waals surface area contributed by atoms with Gasteiger partial charge >= 0.3 is 0 Å². The molecule has 0 saturated carbocycles. The summed E-state index contributed by atoms with van der Waals surface area (Å²) in [5.74, 6) is -1.17. The van der Waals surface area contributed by atoms with E-state index in [9.17, 15) is 18.8 Å². The zero-order valence-electron chi connectivity index (χ0n) is 14.2. The second-order valence-corrected chi connectivity index (χ2v) is 6.71. The first kappa shape index (κ1) is 17.4. The van der Waals surface area contributed by atoms with E-state index in [-0.39, 0.29) is 36.7 Å². The molecule has 2 fully saturated rings. The van der Waals surface area contributed by atoms with Gasteiger partial charge in [0.1, 0.15) is 5.82 Å². The molecule has 2 aliphatic heterocycles. The number of carbonyl (C=O) groups excluding carboxylic acids is 3. The van der Waals surface area contributed by atoms with Crippen molar-refractivity contribution in [3.63, 3.8) is 0 Å². The van der Waals surface area contributed by atoms with Gasteiger partial charge in [-0.25, -0.2) is 4.39 Å². The Morgan fingerprint density at radius 3 is 2.80 bits per heavy atom. The van der Waals surface area contributed by atoms with Crippen molar-refractivity contribution in [1.29, 1.82) is 0 Å². The van der Waals surface area contributed by atoms with Gasteiger partial charge in [0.05, 0.1) is 5.92 Å². The molecule has 2 aliphatic rings. The van der Waals surface area contributed by atoms with Crippen LogP contribution in [-0.2, 0) is 14.4 Å². The SMILES string of the molecule is CC(=O)NC1CCCN(C(=O)C2CC(=O)N(c3cccc(F)c3)C2)C1. The lowest BCUT2D eigenvalue weighted by Gasteiger charge is -2.34. The maximum atomic E-state index is 13.4. The molecule has 2 atom stereocenters. The predicted octanol–water partition coefficient (Wildman–Crippen LogP) is 1.31. The van der Waals surface area contributed by atoms with E-state index in [0.29, 0.717) is 18.8 Å². The number of likely N-dealkylation sites (tertiary alicyclic amines) is 1. The van der Waals surface area contributed by atoms with Crippen molar-refractivity contribution in [3.05, 3.63) is 30.1 Å². The van der Waals surface area contributed by atoms with Crippen molar-refractivity contribution in [2.45, 2.75) is 32.2 Å². The van der Waals surface area contributed by atoms with Crippen molar-refractivity contribution in [3.8, 4) is 0 Å². The molecule has 3 amide bonds. The number of hydrogen-bond acceptors (Lipinski definition) is 3. The minimum absolute atomic E-state index is 0.0355. The molecule has 0 aliphatic carbocycles.